The molecule has 0 aromatic heterocycles. The fourth-order valence-electron chi connectivity index (χ4n) is 1.77. The van der Waals surface area contributed by atoms with Gasteiger partial charge in [0.15, 0.2) is 0 Å². The molecule has 0 spiro atoms. The second-order valence-electron chi connectivity index (χ2n) is 5.78. The molecule has 0 aliphatic rings. The minimum atomic E-state index is -1.40. The van der Waals surface area contributed by atoms with Gasteiger partial charge in [-0.2, -0.15) is 0 Å². The summed E-state index contributed by atoms with van der Waals surface area (Å²) in [6.07, 6.45) is -1.26. The standard InChI is InChI=1S/C15H19ClFNO5/c1-15(2,3)23-14(21)18-10(13(19)20)7-8-9(17)5-6-11(22-4)12(8)16/h5-6,10H,7H2,1-4H3,(H,18,21)(H,19,20). The van der Waals surface area contributed by atoms with Gasteiger partial charge in [-0.25, -0.2) is 14.0 Å². The Morgan fingerprint density at radius 1 is 1.39 bits per heavy atom. The number of halogens is 2. The van der Waals surface area contributed by atoms with Crippen LogP contribution in [0.1, 0.15) is 26.3 Å². The molecule has 0 saturated carbocycles. The number of carbonyl (C=O) groups is 2. The number of rotatable bonds is 5. The molecule has 1 aromatic rings. The molecule has 23 heavy (non-hydrogen) atoms. The normalized spacial score (nSPS) is 12.4. The molecule has 0 radical (unpaired) electrons. The average Bonchev–Trinajstić information content (AvgIpc) is 2.40. The number of aliphatic carboxylic acids is 1. The number of alkyl carbamates (subject to hydrolysis) is 1. The minimum absolute atomic E-state index is 0.0373. The predicted molar refractivity (Wildman–Crippen MR) is 82.5 cm³/mol. The van der Waals surface area contributed by atoms with Crippen molar-refractivity contribution >= 4 is 23.7 Å². The molecule has 1 amide bonds. The second kappa shape index (κ2) is 7.50. The Labute approximate surface area is 138 Å². The van der Waals surface area contributed by atoms with Crippen LogP contribution < -0.4 is 10.1 Å². The summed E-state index contributed by atoms with van der Waals surface area (Å²) < 4.78 is 23.9. The van der Waals surface area contributed by atoms with E-state index in [0.29, 0.717) is 0 Å². The molecule has 0 aliphatic carbocycles. The van der Waals surface area contributed by atoms with Crippen LogP contribution in [0.25, 0.3) is 0 Å². The molecule has 0 fully saturated rings. The highest BCUT2D eigenvalue weighted by Crippen LogP contribution is 2.30. The molecular weight excluding hydrogens is 329 g/mol. The molecule has 2 N–H and O–H groups in total. The first-order chi connectivity index (χ1) is 10.5. The second-order valence-corrected chi connectivity index (χ2v) is 6.16. The Kier molecular flexibility index (Phi) is 6.20. The summed E-state index contributed by atoms with van der Waals surface area (Å²) in [5.41, 5.74) is -0.846. The van der Waals surface area contributed by atoms with E-state index >= 15 is 0 Å². The van der Waals surface area contributed by atoms with Crippen LogP contribution in [0.5, 0.6) is 5.75 Å². The number of ether oxygens (including phenoxy) is 2. The van der Waals surface area contributed by atoms with E-state index in [2.05, 4.69) is 5.32 Å². The predicted octanol–water partition coefficient (Wildman–Crippen LogP) is 3.01. The SMILES string of the molecule is COc1ccc(F)c(CC(NC(=O)OC(C)(C)C)C(=O)O)c1Cl. The smallest absolute Gasteiger partial charge is 0.408 e. The molecule has 0 aliphatic heterocycles. The minimum Gasteiger partial charge on any atom is -0.495 e. The summed E-state index contributed by atoms with van der Waals surface area (Å²) in [5, 5.41) is 11.4. The lowest BCUT2D eigenvalue weighted by Crippen LogP contribution is -2.44. The van der Waals surface area contributed by atoms with Crippen LogP contribution >= 0.6 is 11.6 Å². The van der Waals surface area contributed by atoms with Crippen molar-refractivity contribution in [1.29, 1.82) is 0 Å². The van der Waals surface area contributed by atoms with Gasteiger partial charge in [-0.1, -0.05) is 11.6 Å². The molecule has 1 atom stereocenters. The highest BCUT2D eigenvalue weighted by Gasteiger charge is 2.26. The van der Waals surface area contributed by atoms with E-state index in [1.54, 1.807) is 20.8 Å². The first-order valence-electron chi connectivity index (χ1n) is 6.78. The van der Waals surface area contributed by atoms with E-state index in [0.717, 1.165) is 6.07 Å². The zero-order chi connectivity index (χ0) is 17.8. The molecule has 1 aromatic carbocycles. The fraction of sp³-hybridized carbons (Fsp3) is 0.467. The van der Waals surface area contributed by atoms with Gasteiger partial charge >= 0.3 is 12.1 Å². The lowest BCUT2D eigenvalue weighted by molar-refractivity contribution is -0.139. The maximum absolute atomic E-state index is 13.9. The largest absolute Gasteiger partial charge is 0.495 e. The summed E-state index contributed by atoms with van der Waals surface area (Å²) in [6, 6.07) is 1.05. The highest BCUT2D eigenvalue weighted by molar-refractivity contribution is 6.32. The van der Waals surface area contributed by atoms with Crippen LogP contribution in [0.15, 0.2) is 12.1 Å². The third-order valence-electron chi connectivity index (χ3n) is 2.77. The van der Waals surface area contributed by atoms with Crippen LogP contribution in [-0.4, -0.2) is 35.9 Å². The van der Waals surface area contributed by atoms with Crippen molar-refractivity contribution in [2.24, 2.45) is 0 Å². The van der Waals surface area contributed by atoms with Gasteiger partial charge in [0.25, 0.3) is 0 Å². The topological polar surface area (TPSA) is 84.9 Å². The van der Waals surface area contributed by atoms with E-state index in [4.69, 9.17) is 21.1 Å². The molecule has 0 bridgehead atoms. The van der Waals surface area contributed by atoms with Gasteiger partial charge in [-0.3, -0.25) is 0 Å². The Bertz CT molecular complexity index is 600. The van der Waals surface area contributed by atoms with E-state index in [-0.39, 0.29) is 22.8 Å². The number of carboxylic acids is 1. The van der Waals surface area contributed by atoms with Crippen molar-refractivity contribution in [2.45, 2.75) is 38.8 Å². The first-order valence-corrected chi connectivity index (χ1v) is 7.16. The molecule has 8 heteroatoms. The monoisotopic (exact) mass is 347 g/mol. The van der Waals surface area contributed by atoms with Crippen LogP contribution in [0.3, 0.4) is 0 Å². The average molecular weight is 348 g/mol. The molecule has 0 heterocycles. The van der Waals surface area contributed by atoms with E-state index in [9.17, 15) is 19.1 Å². The Morgan fingerprint density at radius 3 is 2.48 bits per heavy atom. The Balaban J connectivity index is 2.98. The molecule has 6 nitrogen and oxygen atoms in total. The van der Waals surface area contributed by atoms with E-state index < -0.39 is 29.5 Å². The van der Waals surface area contributed by atoms with Crippen LogP contribution in [-0.2, 0) is 16.0 Å². The van der Waals surface area contributed by atoms with Gasteiger partial charge in [-0.05, 0) is 32.9 Å². The summed E-state index contributed by atoms with van der Waals surface area (Å²) in [6.45, 7) is 4.92. The number of carbonyl (C=O) groups excluding carboxylic acids is 1. The van der Waals surface area contributed by atoms with E-state index in [1.807, 2.05) is 0 Å². The van der Waals surface area contributed by atoms with Crippen molar-refractivity contribution in [3.05, 3.63) is 28.5 Å². The zero-order valence-corrected chi connectivity index (χ0v) is 14.0. The van der Waals surface area contributed by atoms with Crippen molar-refractivity contribution in [3.63, 3.8) is 0 Å². The number of benzene rings is 1. The summed E-state index contributed by atoms with van der Waals surface area (Å²) in [5.74, 6) is -1.81. The van der Waals surface area contributed by atoms with Gasteiger partial charge < -0.3 is 19.9 Å². The van der Waals surface area contributed by atoms with E-state index in [1.165, 1.54) is 13.2 Å². The van der Waals surface area contributed by atoms with Crippen molar-refractivity contribution in [1.82, 2.24) is 5.32 Å². The van der Waals surface area contributed by atoms with Gasteiger partial charge in [0, 0.05) is 12.0 Å². The third-order valence-corrected chi connectivity index (χ3v) is 3.18. The van der Waals surface area contributed by atoms with Crippen molar-refractivity contribution in [2.75, 3.05) is 7.11 Å². The molecule has 128 valence electrons. The quantitative estimate of drug-likeness (QED) is 0.855. The lowest BCUT2D eigenvalue weighted by atomic mass is 10.0. The number of carboxylic acid groups (broad SMARTS) is 1. The zero-order valence-electron chi connectivity index (χ0n) is 13.3. The number of hydrogen-bond donors (Lipinski definition) is 2. The maximum atomic E-state index is 13.9. The summed E-state index contributed by atoms with van der Waals surface area (Å²) in [7, 11) is 1.36. The third kappa shape index (κ3) is 5.59. The lowest BCUT2D eigenvalue weighted by Gasteiger charge is -2.22. The number of nitrogens with one attached hydrogen (secondary N) is 1. The molecular formula is C15H19ClFNO5. The Hall–Kier alpha value is -2.02. The number of methoxy groups -OCH3 is 1. The van der Waals surface area contributed by atoms with Gasteiger partial charge in [0.1, 0.15) is 23.2 Å². The van der Waals surface area contributed by atoms with Crippen molar-refractivity contribution in [3.8, 4) is 5.75 Å². The summed E-state index contributed by atoms with van der Waals surface area (Å²) in [4.78, 5) is 23.0. The number of hydrogen-bond acceptors (Lipinski definition) is 4. The number of amides is 1. The highest BCUT2D eigenvalue weighted by atomic mass is 35.5. The first kappa shape index (κ1) is 19.0. The van der Waals surface area contributed by atoms with Crippen LogP contribution in [0.2, 0.25) is 5.02 Å². The van der Waals surface area contributed by atoms with Crippen molar-refractivity contribution < 1.29 is 28.6 Å². The molecule has 1 rings (SSSR count). The molecule has 0 saturated heterocycles. The van der Waals surface area contributed by atoms with Gasteiger partial charge in [0.05, 0.1) is 12.1 Å². The van der Waals surface area contributed by atoms with Gasteiger partial charge in [0.2, 0.25) is 0 Å². The molecule has 1 unspecified atom stereocenters. The van der Waals surface area contributed by atoms with Gasteiger partial charge in [-0.15, -0.1) is 0 Å². The Morgan fingerprint density at radius 2 is 2.00 bits per heavy atom. The summed E-state index contributed by atoms with van der Waals surface area (Å²) >= 11 is 6.00. The van der Waals surface area contributed by atoms with Crippen LogP contribution in [0.4, 0.5) is 9.18 Å². The fourth-order valence-corrected chi connectivity index (χ4v) is 2.08. The maximum Gasteiger partial charge on any atom is 0.408 e. The van der Waals surface area contributed by atoms with Crippen LogP contribution in [0, 0.1) is 5.82 Å².